The summed E-state index contributed by atoms with van der Waals surface area (Å²) < 4.78 is 30.0. The van der Waals surface area contributed by atoms with Crippen molar-refractivity contribution in [1.82, 2.24) is 14.5 Å². The zero-order valence-electron chi connectivity index (χ0n) is 23.1. The average molecular weight is 540 g/mol. The number of carbonyl (C=O) groups is 2. The summed E-state index contributed by atoms with van der Waals surface area (Å²) in [6, 6.07) is 12.1. The number of nitrogens with zero attached hydrogens (tertiary/aromatic N) is 2. The van der Waals surface area contributed by atoms with Gasteiger partial charge in [0.2, 0.25) is 21.8 Å². The van der Waals surface area contributed by atoms with Gasteiger partial charge in [0.25, 0.3) is 0 Å². The Balaban J connectivity index is 1.54. The molecule has 0 radical (unpaired) electrons. The van der Waals surface area contributed by atoms with E-state index in [1.54, 1.807) is 18.7 Å². The smallest absolute Gasteiger partial charge is 0.241 e. The lowest BCUT2D eigenvalue weighted by molar-refractivity contribution is -0.146. The highest BCUT2D eigenvalue weighted by Gasteiger charge is 2.37. The number of rotatable bonds is 7. The largest absolute Gasteiger partial charge is 0.337 e. The second-order valence-electron chi connectivity index (χ2n) is 11.1. The van der Waals surface area contributed by atoms with Crippen LogP contribution >= 0.6 is 0 Å². The van der Waals surface area contributed by atoms with Crippen LogP contribution in [-0.2, 0) is 26.0 Å². The predicted molar refractivity (Wildman–Crippen MR) is 149 cm³/mol. The van der Waals surface area contributed by atoms with Gasteiger partial charge in [-0.2, -0.15) is 4.72 Å². The molecule has 4 rings (SSSR count). The zero-order chi connectivity index (χ0) is 27.4. The van der Waals surface area contributed by atoms with Gasteiger partial charge in [-0.3, -0.25) is 9.59 Å². The minimum atomic E-state index is -3.96. The molecule has 2 atom stereocenters. The number of amides is 2. The Labute approximate surface area is 227 Å². The molecule has 2 fully saturated rings. The van der Waals surface area contributed by atoms with Crippen LogP contribution in [0.2, 0.25) is 0 Å². The Kier molecular flexibility index (Phi) is 8.93. The van der Waals surface area contributed by atoms with Gasteiger partial charge in [0.05, 0.1) is 4.90 Å². The van der Waals surface area contributed by atoms with E-state index in [9.17, 15) is 18.0 Å². The number of carbonyl (C=O) groups excluding carboxylic acids is 2. The molecule has 7 nitrogen and oxygen atoms in total. The monoisotopic (exact) mass is 539 g/mol. The predicted octanol–water partition coefficient (Wildman–Crippen LogP) is 4.14. The van der Waals surface area contributed by atoms with Crippen molar-refractivity contribution < 1.29 is 18.0 Å². The maximum absolute atomic E-state index is 13.9. The van der Waals surface area contributed by atoms with Gasteiger partial charge in [0.15, 0.2) is 0 Å². The molecule has 1 aliphatic carbocycles. The Morgan fingerprint density at radius 3 is 2.21 bits per heavy atom. The summed E-state index contributed by atoms with van der Waals surface area (Å²) in [5.74, 6) is 0.0414. The molecule has 8 heteroatoms. The molecule has 1 saturated heterocycles. The van der Waals surface area contributed by atoms with Crippen LogP contribution < -0.4 is 4.72 Å². The fourth-order valence-electron chi connectivity index (χ4n) is 6.16. The number of nitrogens with one attached hydrogen (secondary N) is 1. The van der Waals surface area contributed by atoms with E-state index in [0.717, 1.165) is 36.8 Å². The molecule has 206 valence electrons. The molecule has 2 aliphatic rings. The number of hydrogen-bond donors (Lipinski definition) is 1. The van der Waals surface area contributed by atoms with Gasteiger partial charge in [-0.15, -0.1) is 0 Å². The average Bonchev–Trinajstić information content (AvgIpc) is 2.87. The minimum Gasteiger partial charge on any atom is -0.337 e. The summed E-state index contributed by atoms with van der Waals surface area (Å²) in [6.45, 7) is 8.76. The maximum Gasteiger partial charge on any atom is 0.241 e. The van der Waals surface area contributed by atoms with E-state index in [1.165, 1.54) is 6.42 Å². The highest BCUT2D eigenvalue weighted by Crippen LogP contribution is 2.27. The molecular formula is C30H41N3O4S. The van der Waals surface area contributed by atoms with Gasteiger partial charge >= 0.3 is 0 Å². The van der Waals surface area contributed by atoms with Crippen molar-refractivity contribution in [2.24, 2.45) is 5.92 Å². The Morgan fingerprint density at radius 1 is 0.974 bits per heavy atom. The number of aryl methyl sites for hydroxylation is 3. The van der Waals surface area contributed by atoms with Crippen molar-refractivity contribution in [2.45, 2.75) is 83.2 Å². The number of sulfonamides is 1. The first-order chi connectivity index (χ1) is 18.1. The lowest BCUT2D eigenvalue weighted by atomic mass is 9.87. The SMILES string of the molecule is Cc1cc(C)c(S(=O)(=O)NC(Cc2ccccc2)C(=O)N2CCN(C(=O)C3CCCCC3)C(C)C2)c(C)c1. The summed E-state index contributed by atoms with van der Waals surface area (Å²) in [5, 5.41) is 0. The molecular weight excluding hydrogens is 498 g/mol. The molecule has 1 N–H and O–H groups in total. The normalized spacial score (nSPS) is 19.8. The van der Waals surface area contributed by atoms with E-state index in [4.69, 9.17) is 0 Å². The molecule has 1 saturated carbocycles. The molecule has 2 aromatic carbocycles. The molecule has 0 spiro atoms. The first-order valence-electron chi connectivity index (χ1n) is 13.8. The summed E-state index contributed by atoms with van der Waals surface area (Å²) >= 11 is 0. The van der Waals surface area contributed by atoms with Crippen molar-refractivity contribution in [2.75, 3.05) is 19.6 Å². The highest BCUT2D eigenvalue weighted by molar-refractivity contribution is 7.89. The second kappa shape index (κ2) is 12.0. The van der Waals surface area contributed by atoms with E-state index in [1.807, 2.05) is 61.2 Å². The van der Waals surface area contributed by atoms with Gasteiger partial charge in [-0.05, 0) is 63.6 Å². The third-order valence-corrected chi connectivity index (χ3v) is 9.70. The molecule has 1 heterocycles. The topological polar surface area (TPSA) is 86.8 Å². The number of benzene rings is 2. The number of piperazine rings is 1. The van der Waals surface area contributed by atoms with E-state index in [-0.39, 0.29) is 35.1 Å². The van der Waals surface area contributed by atoms with Crippen molar-refractivity contribution in [3.05, 3.63) is 64.7 Å². The van der Waals surface area contributed by atoms with Crippen LogP contribution in [0.5, 0.6) is 0 Å². The summed E-state index contributed by atoms with van der Waals surface area (Å²) in [6.07, 6.45) is 5.54. The van der Waals surface area contributed by atoms with Crippen LogP contribution in [0.1, 0.15) is 61.3 Å². The van der Waals surface area contributed by atoms with Crippen LogP contribution in [0, 0.1) is 26.7 Å². The van der Waals surface area contributed by atoms with Crippen molar-refractivity contribution in [1.29, 1.82) is 0 Å². The highest BCUT2D eigenvalue weighted by atomic mass is 32.2. The van der Waals surface area contributed by atoms with Crippen LogP contribution in [0.25, 0.3) is 0 Å². The molecule has 2 aromatic rings. The van der Waals surface area contributed by atoms with Gasteiger partial charge in [-0.1, -0.05) is 67.3 Å². The van der Waals surface area contributed by atoms with Crippen molar-refractivity contribution >= 4 is 21.8 Å². The van der Waals surface area contributed by atoms with E-state index in [0.29, 0.717) is 30.8 Å². The summed E-state index contributed by atoms with van der Waals surface area (Å²) in [4.78, 5) is 30.9. The summed E-state index contributed by atoms with van der Waals surface area (Å²) in [7, 11) is -3.96. The van der Waals surface area contributed by atoms with E-state index < -0.39 is 16.1 Å². The molecule has 0 aromatic heterocycles. The lowest BCUT2D eigenvalue weighted by Crippen LogP contribution is -2.60. The van der Waals surface area contributed by atoms with E-state index >= 15 is 0 Å². The standard InChI is InChI=1S/C30H41N3O4S/c1-21-17-22(2)28(23(3)18-21)38(36,37)31-27(19-25-11-7-5-8-12-25)30(35)32-15-16-33(24(4)20-32)29(34)26-13-9-6-10-14-26/h5,7-8,11-12,17-18,24,26-27,31H,6,9-10,13-16,19-20H2,1-4H3. The quantitative estimate of drug-likeness (QED) is 0.573. The number of hydrogen-bond acceptors (Lipinski definition) is 4. The maximum atomic E-state index is 13.9. The van der Waals surface area contributed by atoms with Gasteiger partial charge in [0.1, 0.15) is 6.04 Å². The fourth-order valence-corrected chi connectivity index (χ4v) is 7.80. The third kappa shape index (κ3) is 6.46. The van der Waals surface area contributed by atoms with Crippen molar-refractivity contribution in [3.63, 3.8) is 0 Å². The first kappa shape index (κ1) is 28.3. The van der Waals surface area contributed by atoms with Gasteiger partial charge < -0.3 is 9.80 Å². The molecule has 0 bridgehead atoms. The van der Waals surface area contributed by atoms with Gasteiger partial charge in [-0.25, -0.2) is 8.42 Å². The summed E-state index contributed by atoms with van der Waals surface area (Å²) in [5.41, 5.74) is 3.18. The first-order valence-corrected chi connectivity index (χ1v) is 15.3. The molecule has 1 aliphatic heterocycles. The van der Waals surface area contributed by atoms with Crippen LogP contribution in [0.3, 0.4) is 0 Å². The molecule has 38 heavy (non-hydrogen) atoms. The Bertz CT molecular complexity index is 1230. The molecule has 2 amide bonds. The lowest BCUT2D eigenvalue weighted by Gasteiger charge is -2.42. The third-order valence-electron chi connectivity index (χ3n) is 7.93. The van der Waals surface area contributed by atoms with Gasteiger partial charge in [0, 0.05) is 31.6 Å². The zero-order valence-corrected chi connectivity index (χ0v) is 23.9. The van der Waals surface area contributed by atoms with Crippen LogP contribution in [0.15, 0.2) is 47.4 Å². The van der Waals surface area contributed by atoms with E-state index in [2.05, 4.69) is 4.72 Å². The van der Waals surface area contributed by atoms with Crippen molar-refractivity contribution in [3.8, 4) is 0 Å². The second-order valence-corrected chi connectivity index (χ2v) is 12.7. The fraction of sp³-hybridized carbons (Fsp3) is 0.533. The van der Waals surface area contributed by atoms with Crippen LogP contribution in [0.4, 0.5) is 0 Å². The van der Waals surface area contributed by atoms with Crippen LogP contribution in [-0.4, -0.2) is 61.7 Å². The Hall–Kier alpha value is -2.71. The minimum absolute atomic E-state index is 0.0899. The Morgan fingerprint density at radius 2 is 1.61 bits per heavy atom. The molecule has 2 unspecified atom stereocenters.